The lowest BCUT2D eigenvalue weighted by Crippen LogP contribution is -2.26. The number of hydrogen-bond donors (Lipinski definition) is 1. The van der Waals surface area contributed by atoms with Gasteiger partial charge < -0.3 is 19.2 Å². The lowest BCUT2D eigenvalue weighted by atomic mass is 10.1. The summed E-state index contributed by atoms with van der Waals surface area (Å²) in [6.45, 7) is 0.0424. The highest BCUT2D eigenvalue weighted by molar-refractivity contribution is 7.90. The first kappa shape index (κ1) is 23.8. The number of sulfone groups is 1. The number of benzene rings is 2. The largest absolute Gasteiger partial charge is 0.493 e. The minimum absolute atomic E-state index is 0.0424. The van der Waals surface area contributed by atoms with E-state index in [2.05, 4.69) is 5.32 Å². The summed E-state index contributed by atoms with van der Waals surface area (Å²) in [5.41, 5.74) is 0.382. The van der Waals surface area contributed by atoms with E-state index >= 15 is 0 Å². The maximum atomic E-state index is 12.6. The second kappa shape index (κ2) is 10.2. The standard InChI is InChI=1S/C22H22N2O8S/c1-30-19-12-15(18(24(26)27)13-20(19)31-2)8-10-23-22(25)21-16(9-11-32-21)14-33(28,29)17-6-4-3-5-7-17/h3-7,9,11-13H,8,10,14H2,1-2H3,(H,23,25). The highest BCUT2D eigenvalue weighted by Gasteiger charge is 2.23. The SMILES string of the molecule is COc1cc(CCNC(=O)c2occc2CS(=O)(=O)c2ccccc2)c([N+](=O)[O-])cc1OC. The zero-order valence-electron chi connectivity index (χ0n) is 17.9. The van der Waals surface area contributed by atoms with Crippen LogP contribution in [0.4, 0.5) is 5.69 Å². The minimum Gasteiger partial charge on any atom is -0.493 e. The van der Waals surface area contributed by atoms with Crippen LogP contribution >= 0.6 is 0 Å². The smallest absolute Gasteiger partial charge is 0.287 e. The van der Waals surface area contributed by atoms with Crippen molar-refractivity contribution in [2.24, 2.45) is 0 Å². The van der Waals surface area contributed by atoms with E-state index in [-0.39, 0.29) is 40.6 Å². The van der Waals surface area contributed by atoms with Crippen LogP contribution in [-0.2, 0) is 22.0 Å². The first-order valence-electron chi connectivity index (χ1n) is 9.78. The normalized spacial score (nSPS) is 11.1. The Morgan fingerprint density at radius 3 is 2.36 bits per heavy atom. The third-order valence-electron chi connectivity index (χ3n) is 4.86. The lowest BCUT2D eigenvalue weighted by Gasteiger charge is -2.11. The molecule has 1 aromatic heterocycles. The third-order valence-corrected chi connectivity index (χ3v) is 6.54. The Kier molecular flexibility index (Phi) is 7.34. The fraction of sp³-hybridized carbons (Fsp3) is 0.227. The number of furan rings is 1. The molecule has 0 fully saturated rings. The van der Waals surface area contributed by atoms with Gasteiger partial charge in [-0.3, -0.25) is 14.9 Å². The maximum Gasteiger partial charge on any atom is 0.287 e. The van der Waals surface area contributed by atoms with Gasteiger partial charge in [-0.15, -0.1) is 0 Å². The monoisotopic (exact) mass is 474 g/mol. The van der Waals surface area contributed by atoms with E-state index in [4.69, 9.17) is 13.9 Å². The Hall–Kier alpha value is -3.86. The van der Waals surface area contributed by atoms with Crippen molar-refractivity contribution in [1.29, 1.82) is 0 Å². The van der Waals surface area contributed by atoms with E-state index in [1.54, 1.807) is 18.2 Å². The average molecular weight is 474 g/mol. The van der Waals surface area contributed by atoms with E-state index in [0.717, 1.165) is 0 Å². The van der Waals surface area contributed by atoms with Crippen LogP contribution < -0.4 is 14.8 Å². The van der Waals surface area contributed by atoms with Gasteiger partial charge in [-0.25, -0.2) is 8.42 Å². The molecular formula is C22H22N2O8S. The van der Waals surface area contributed by atoms with Crippen molar-refractivity contribution in [2.75, 3.05) is 20.8 Å². The number of carbonyl (C=O) groups excluding carboxylic acids is 1. The molecule has 0 spiro atoms. The number of nitro groups is 1. The van der Waals surface area contributed by atoms with Crippen LogP contribution in [0.3, 0.4) is 0 Å². The lowest BCUT2D eigenvalue weighted by molar-refractivity contribution is -0.385. The Morgan fingerprint density at radius 1 is 1.06 bits per heavy atom. The quantitative estimate of drug-likeness (QED) is 0.349. The van der Waals surface area contributed by atoms with Gasteiger partial charge >= 0.3 is 0 Å². The summed E-state index contributed by atoms with van der Waals surface area (Å²) in [7, 11) is -0.884. The Bertz CT molecular complexity index is 1250. The summed E-state index contributed by atoms with van der Waals surface area (Å²) in [5.74, 6) is -0.615. The van der Waals surface area contributed by atoms with E-state index in [9.17, 15) is 23.3 Å². The molecular weight excluding hydrogens is 452 g/mol. The highest BCUT2D eigenvalue weighted by Crippen LogP contribution is 2.34. The minimum atomic E-state index is -3.67. The molecule has 11 heteroatoms. The topological polar surface area (TPSA) is 138 Å². The van der Waals surface area contributed by atoms with Crippen LogP contribution in [0.1, 0.15) is 21.7 Å². The highest BCUT2D eigenvalue weighted by atomic mass is 32.2. The molecule has 1 amide bonds. The zero-order valence-corrected chi connectivity index (χ0v) is 18.8. The van der Waals surface area contributed by atoms with Gasteiger partial charge in [-0.05, 0) is 30.7 Å². The molecule has 0 unspecified atom stereocenters. The fourth-order valence-electron chi connectivity index (χ4n) is 3.24. The van der Waals surface area contributed by atoms with Crippen LogP contribution in [0.2, 0.25) is 0 Å². The van der Waals surface area contributed by atoms with Gasteiger partial charge in [0.05, 0.1) is 42.1 Å². The number of nitro benzene ring substituents is 1. The van der Waals surface area contributed by atoms with Gasteiger partial charge in [0.1, 0.15) is 0 Å². The zero-order chi connectivity index (χ0) is 24.0. The second-order valence-corrected chi connectivity index (χ2v) is 8.94. The molecule has 1 heterocycles. The summed E-state index contributed by atoms with van der Waals surface area (Å²) < 4.78 is 40.8. The summed E-state index contributed by atoms with van der Waals surface area (Å²) in [6.07, 6.45) is 1.37. The average Bonchev–Trinajstić information content (AvgIpc) is 3.26. The van der Waals surface area contributed by atoms with Gasteiger partial charge in [0.15, 0.2) is 27.1 Å². The van der Waals surface area contributed by atoms with E-state index in [1.165, 1.54) is 50.8 Å². The van der Waals surface area contributed by atoms with Crippen molar-refractivity contribution in [2.45, 2.75) is 17.1 Å². The van der Waals surface area contributed by atoms with Crippen molar-refractivity contribution in [3.05, 3.63) is 81.8 Å². The van der Waals surface area contributed by atoms with Gasteiger partial charge in [0.2, 0.25) is 0 Å². The molecule has 0 saturated carbocycles. The van der Waals surface area contributed by atoms with E-state index in [0.29, 0.717) is 11.3 Å². The number of nitrogens with one attached hydrogen (secondary N) is 1. The Morgan fingerprint density at radius 2 is 1.73 bits per heavy atom. The molecule has 33 heavy (non-hydrogen) atoms. The molecule has 174 valence electrons. The van der Waals surface area contributed by atoms with Crippen LogP contribution in [0.5, 0.6) is 11.5 Å². The van der Waals surface area contributed by atoms with Crippen molar-refractivity contribution in [1.82, 2.24) is 5.32 Å². The predicted molar refractivity (Wildman–Crippen MR) is 118 cm³/mol. The van der Waals surface area contributed by atoms with Gasteiger partial charge in [0.25, 0.3) is 11.6 Å². The molecule has 0 aliphatic carbocycles. The van der Waals surface area contributed by atoms with Gasteiger partial charge in [-0.2, -0.15) is 0 Å². The molecule has 0 radical (unpaired) electrons. The molecule has 2 aromatic carbocycles. The number of hydrogen-bond acceptors (Lipinski definition) is 8. The number of rotatable bonds is 10. The molecule has 0 bridgehead atoms. The molecule has 0 aliphatic heterocycles. The van der Waals surface area contributed by atoms with Crippen LogP contribution in [-0.4, -0.2) is 40.0 Å². The number of ether oxygens (including phenoxy) is 2. The third kappa shape index (κ3) is 5.50. The molecule has 3 rings (SSSR count). The molecule has 3 aromatic rings. The van der Waals surface area contributed by atoms with Gasteiger partial charge in [0, 0.05) is 17.7 Å². The summed E-state index contributed by atoms with van der Waals surface area (Å²) in [6, 6.07) is 12.1. The van der Waals surface area contributed by atoms with Crippen LogP contribution in [0.15, 0.2) is 64.1 Å². The van der Waals surface area contributed by atoms with Crippen LogP contribution in [0.25, 0.3) is 0 Å². The number of nitrogens with zero attached hydrogens (tertiary/aromatic N) is 1. The first-order chi connectivity index (χ1) is 15.8. The van der Waals surface area contributed by atoms with Crippen molar-refractivity contribution < 1.29 is 32.0 Å². The molecule has 10 nitrogen and oxygen atoms in total. The van der Waals surface area contributed by atoms with Crippen molar-refractivity contribution >= 4 is 21.4 Å². The Labute approximate surface area is 190 Å². The number of amides is 1. The summed E-state index contributed by atoms with van der Waals surface area (Å²) >= 11 is 0. The van der Waals surface area contributed by atoms with E-state index in [1.807, 2.05) is 0 Å². The Balaban J connectivity index is 1.71. The van der Waals surface area contributed by atoms with E-state index < -0.39 is 26.4 Å². The molecule has 0 atom stereocenters. The van der Waals surface area contributed by atoms with Crippen LogP contribution in [0, 0.1) is 10.1 Å². The molecule has 0 saturated heterocycles. The van der Waals surface area contributed by atoms with Gasteiger partial charge in [-0.1, -0.05) is 18.2 Å². The molecule has 0 aliphatic rings. The molecule has 1 N–H and O–H groups in total. The van der Waals surface area contributed by atoms with Crippen molar-refractivity contribution in [3.8, 4) is 11.5 Å². The summed E-state index contributed by atoms with van der Waals surface area (Å²) in [5, 5.41) is 14.0. The predicted octanol–water partition coefficient (Wildman–Crippen LogP) is 3.15. The van der Waals surface area contributed by atoms with Crippen molar-refractivity contribution in [3.63, 3.8) is 0 Å². The number of methoxy groups -OCH3 is 2. The maximum absolute atomic E-state index is 12.6. The second-order valence-electron chi connectivity index (χ2n) is 6.95. The fourth-order valence-corrected chi connectivity index (χ4v) is 4.61. The number of carbonyl (C=O) groups is 1. The summed E-state index contributed by atoms with van der Waals surface area (Å²) in [4.78, 5) is 23.6. The first-order valence-corrected chi connectivity index (χ1v) is 11.4.